The van der Waals surface area contributed by atoms with Gasteiger partial charge >= 0.3 is 0 Å². The van der Waals surface area contributed by atoms with Gasteiger partial charge < -0.3 is 10.6 Å². The van der Waals surface area contributed by atoms with Crippen molar-refractivity contribution in [3.05, 3.63) is 12.5 Å². The zero-order valence-electron chi connectivity index (χ0n) is 4.76. The molecule has 2 heterocycles. The minimum absolute atomic E-state index is 0.758. The van der Waals surface area contributed by atoms with Gasteiger partial charge in [0.25, 0.3) is 0 Å². The molecule has 9 heavy (non-hydrogen) atoms. The Balaban J connectivity index is 2.54. The first-order chi connectivity index (χ1) is 4.47. The quantitative estimate of drug-likeness (QED) is 0.518. The SMILES string of the molecule is c1ncc2c(n1)NCN2. The van der Waals surface area contributed by atoms with Crippen LogP contribution in [0.15, 0.2) is 12.5 Å². The van der Waals surface area contributed by atoms with Crippen molar-refractivity contribution >= 4 is 11.5 Å². The maximum Gasteiger partial charge on any atom is 0.154 e. The van der Waals surface area contributed by atoms with Gasteiger partial charge in [0.05, 0.1) is 18.6 Å². The first-order valence-electron chi connectivity index (χ1n) is 2.74. The van der Waals surface area contributed by atoms with Crippen LogP contribution in [-0.2, 0) is 0 Å². The monoisotopic (exact) mass is 122 g/mol. The van der Waals surface area contributed by atoms with Crippen molar-refractivity contribution in [3.63, 3.8) is 0 Å². The summed E-state index contributed by atoms with van der Waals surface area (Å²) in [6.45, 7) is 0.758. The standard InChI is InChI=1S/C5H6N4/c1-4-5(8-2-6-1)9-3-7-4/h1-2,7H,3H2,(H,6,8,9). The number of nitrogens with one attached hydrogen (secondary N) is 2. The van der Waals surface area contributed by atoms with E-state index in [2.05, 4.69) is 20.6 Å². The lowest BCUT2D eigenvalue weighted by Crippen LogP contribution is -1.99. The largest absolute Gasteiger partial charge is 0.364 e. The number of rotatable bonds is 0. The smallest absolute Gasteiger partial charge is 0.154 e. The predicted molar refractivity (Wildman–Crippen MR) is 34.1 cm³/mol. The molecule has 2 N–H and O–H groups in total. The summed E-state index contributed by atoms with van der Waals surface area (Å²) < 4.78 is 0. The Kier molecular flexibility index (Phi) is 0.798. The zero-order chi connectivity index (χ0) is 6.10. The first-order valence-corrected chi connectivity index (χ1v) is 2.74. The third-order valence-electron chi connectivity index (χ3n) is 1.25. The molecule has 2 rings (SSSR count). The van der Waals surface area contributed by atoms with E-state index >= 15 is 0 Å². The van der Waals surface area contributed by atoms with E-state index in [0.29, 0.717) is 0 Å². The van der Waals surface area contributed by atoms with E-state index in [-0.39, 0.29) is 0 Å². The van der Waals surface area contributed by atoms with Crippen LogP contribution in [-0.4, -0.2) is 16.6 Å². The summed E-state index contributed by atoms with van der Waals surface area (Å²) in [6, 6.07) is 0. The van der Waals surface area contributed by atoms with Crippen LogP contribution in [0.25, 0.3) is 0 Å². The maximum atomic E-state index is 3.97. The number of nitrogens with zero attached hydrogens (tertiary/aromatic N) is 2. The Bertz CT molecular complexity index is 199. The van der Waals surface area contributed by atoms with Crippen molar-refractivity contribution in [3.8, 4) is 0 Å². The lowest BCUT2D eigenvalue weighted by Gasteiger charge is -1.91. The van der Waals surface area contributed by atoms with Gasteiger partial charge in [-0.2, -0.15) is 0 Å². The summed E-state index contributed by atoms with van der Waals surface area (Å²) in [5.74, 6) is 0.894. The fourth-order valence-electron chi connectivity index (χ4n) is 0.823. The third-order valence-corrected chi connectivity index (χ3v) is 1.25. The highest BCUT2D eigenvalue weighted by molar-refractivity contribution is 5.67. The topological polar surface area (TPSA) is 49.8 Å². The highest BCUT2D eigenvalue weighted by Gasteiger charge is 2.07. The van der Waals surface area contributed by atoms with Crippen LogP contribution >= 0.6 is 0 Å². The van der Waals surface area contributed by atoms with Gasteiger partial charge in [0, 0.05) is 0 Å². The highest BCUT2D eigenvalue weighted by atomic mass is 15.2. The second kappa shape index (κ2) is 1.58. The summed E-state index contributed by atoms with van der Waals surface area (Å²) in [4.78, 5) is 7.82. The fourth-order valence-corrected chi connectivity index (χ4v) is 0.823. The second-order valence-corrected chi connectivity index (χ2v) is 1.82. The minimum atomic E-state index is 0.758. The molecule has 0 aliphatic carbocycles. The van der Waals surface area contributed by atoms with Gasteiger partial charge in [-0.3, -0.25) is 0 Å². The first kappa shape index (κ1) is 4.55. The molecule has 4 nitrogen and oxygen atoms in total. The van der Waals surface area contributed by atoms with Crippen LogP contribution in [0.2, 0.25) is 0 Å². The molecule has 4 heteroatoms. The van der Waals surface area contributed by atoms with Gasteiger partial charge in [0.1, 0.15) is 6.33 Å². The molecule has 0 bridgehead atoms. The molecular weight excluding hydrogens is 116 g/mol. The van der Waals surface area contributed by atoms with Crippen LogP contribution in [0.3, 0.4) is 0 Å². The molecule has 0 unspecified atom stereocenters. The fraction of sp³-hybridized carbons (Fsp3) is 0.200. The Morgan fingerprint density at radius 2 is 2.44 bits per heavy atom. The zero-order valence-corrected chi connectivity index (χ0v) is 4.76. The van der Waals surface area contributed by atoms with Gasteiger partial charge in [-0.15, -0.1) is 0 Å². The van der Waals surface area contributed by atoms with Gasteiger partial charge in [-0.1, -0.05) is 0 Å². The molecule has 1 aromatic rings. The molecule has 0 saturated heterocycles. The van der Waals surface area contributed by atoms with Crippen molar-refractivity contribution in [2.45, 2.75) is 0 Å². The van der Waals surface area contributed by atoms with E-state index in [0.717, 1.165) is 18.2 Å². The van der Waals surface area contributed by atoms with Gasteiger partial charge in [-0.05, 0) is 0 Å². The number of anilines is 2. The van der Waals surface area contributed by atoms with E-state index in [4.69, 9.17) is 0 Å². The molecule has 1 aliphatic heterocycles. The summed E-state index contributed by atoms with van der Waals surface area (Å²) in [7, 11) is 0. The van der Waals surface area contributed by atoms with Gasteiger partial charge in [0.2, 0.25) is 0 Å². The van der Waals surface area contributed by atoms with Gasteiger partial charge in [-0.25, -0.2) is 9.97 Å². The molecule has 0 saturated carbocycles. The molecule has 46 valence electrons. The van der Waals surface area contributed by atoms with Gasteiger partial charge in [0.15, 0.2) is 5.82 Å². The summed E-state index contributed by atoms with van der Waals surface area (Å²) >= 11 is 0. The number of hydrogen-bond acceptors (Lipinski definition) is 4. The molecule has 0 aromatic carbocycles. The van der Waals surface area contributed by atoms with Crippen LogP contribution < -0.4 is 10.6 Å². The van der Waals surface area contributed by atoms with Crippen LogP contribution in [0.4, 0.5) is 11.5 Å². The van der Waals surface area contributed by atoms with Crippen molar-refractivity contribution in [2.24, 2.45) is 0 Å². The molecule has 0 spiro atoms. The van der Waals surface area contributed by atoms with Crippen molar-refractivity contribution in [1.29, 1.82) is 0 Å². The molecule has 0 fully saturated rings. The predicted octanol–water partition coefficient (Wildman–Crippen LogP) is 0.271. The normalized spacial score (nSPS) is 13.8. The molecule has 0 amide bonds. The molecule has 1 aliphatic rings. The van der Waals surface area contributed by atoms with Crippen molar-refractivity contribution in [2.75, 3.05) is 17.3 Å². The minimum Gasteiger partial charge on any atom is -0.364 e. The number of aromatic nitrogens is 2. The number of hydrogen-bond donors (Lipinski definition) is 2. The summed E-state index contributed by atoms with van der Waals surface area (Å²) in [6.07, 6.45) is 3.28. The summed E-state index contributed by atoms with van der Waals surface area (Å²) in [5.41, 5.74) is 0.984. The van der Waals surface area contributed by atoms with Crippen molar-refractivity contribution in [1.82, 2.24) is 9.97 Å². The van der Waals surface area contributed by atoms with Crippen LogP contribution in [0.5, 0.6) is 0 Å². The maximum absolute atomic E-state index is 3.97. The molecule has 0 radical (unpaired) electrons. The Morgan fingerprint density at radius 3 is 3.33 bits per heavy atom. The Morgan fingerprint density at radius 1 is 1.44 bits per heavy atom. The van der Waals surface area contributed by atoms with Crippen LogP contribution in [0, 0.1) is 0 Å². The Hall–Kier alpha value is -1.32. The highest BCUT2D eigenvalue weighted by Crippen LogP contribution is 2.19. The van der Waals surface area contributed by atoms with E-state index < -0.39 is 0 Å². The average molecular weight is 122 g/mol. The Labute approximate surface area is 52.3 Å². The lowest BCUT2D eigenvalue weighted by molar-refractivity contribution is 1.18. The van der Waals surface area contributed by atoms with E-state index in [1.807, 2.05) is 0 Å². The lowest BCUT2D eigenvalue weighted by atomic mass is 10.5. The van der Waals surface area contributed by atoms with Crippen LogP contribution in [0.1, 0.15) is 0 Å². The van der Waals surface area contributed by atoms with E-state index in [1.54, 1.807) is 6.20 Å². The third kappa shape index (κ3) is 0.595. The van der Waals surface area contributed by atoms with E-state index in [9.17, 15) is 0 Å². The summed E-state index contributed by atoms with van der Waals surface area (Å²) in [5, 5.41) is 6.10. The average Bonchev–Trinajstić information content (AvgIpc) is 2.33. The number of fused-ring (bicyclic) bond motifs is 1. The molecular formula is C5H6N4. The molecule has 0 atom stereocenters. The van der Waals surface area contributed by atoms with Crippen molar-refractivity contribution < 1.29 is 0 Å². The second-order valence-electron chi connectivity index (χ2n) is 1.82. The molecule has 1 aromatic heterocycles. The van der Waals surface area contributed by atoms with E-state index in [1.165, 1.54) is 6.33 Å².